The van der Waals surface area contributed by atoms with Crippen LogP contribution < -0.4 is 25.2 Å². The number of benzene rings is 2. The molecule has 7 heterocycles. The van der Waals surface area contributed by atoms with Gasteiger partial charge in [0.05, 0.1) is 33.5 Å². The van der Waals surface area contributed by atoms with E-state index < -0.39 is 35.5 Å². The van der Waals surface area contributed by atoms with Gasteiger partial charge in [-0.2, -0.15) is 5.26 Å². The van der Waals surface area contributed by atoms with Crippen LogP contribution in [0.3, 0.4) is 0 Å². The van der Waals surface area contributed by atoms with E-state index in [1.54, 1.807) is 24.3 Å². The third-order valence-corrected chi connectivity index (χ3v) is 13.1. The quantitative estimate of drug-likeness (QED) is 0.298. The van der Waals surface area contributed by atoms with Crippen LogP contribution in [0.5, 0.6) is 5.75 Å². The molecule has 7 aliphatic rings. The molecule has 3 aromatic rings. The van der Waals surface area contributed by atoms with E-state index in [4.69, 9.17) is 21.6 Å². The number of nitriles is 1. The fraction of sp³-hybridized carbons (Fsp3) is 0.476. The van der Waals surface area contributed by atoms with Crippen molar-refractivity contribution in [2.45, 2.75) is 88.1 Å². The molecule has 1 aromatic heterocycles. The number of carbonyl (C=O) groups is 5. The molecule has 6 fully saturated rings. The predicted octanol–water partition coefficient (Wildman–Crippen LogP) is 3.84. The monoisotopic (exact) mass is 823 g/mol. The minimum Gasteiger partial charge on any atom is -0.490 e. The van der Waals surface area contributed by atoms with E-state index in [0.717, 1.165) is 81.4 Å². The molecule has 3 unspecified atom stereocenters. The molecule has 59 heavy (non-hydrogen) atoms. The lowest BCUT2D eigenvalue weighted by atomic mass is 9.86. The number of nitrogens with one attached hydrogen (secondary N) is 2. The summed E-state index contributed by atoms with van der Waals surface area (Å²) >= 11 is 6.15. The van der Waals surface area contributed by atoms with Gasteiger partial charge in [-0.05, 0) is 93.7 Å². The zero-order chi connectivity index (χ0) is 40.9. The smallest absolute Gasteiger partial charge is 0.272 e. The van der Waals surface area contributed by atoms with E-state index in [-0.39, 0.29) is 53.4 Å². The molecule has 1 aliphatic carbocycles. The van der Waals surface area contributed by atoms with Crippen molar-refractivity contribution in [3.8, 4) is 11.8 Å². The minimum absolute atomic E-state index is 0.00582. The van der Waals surface area contributed by atoms with Crippen LogP contribution in [0.25, 0.3) is 0 Å². The zero-order valence-corrected chi connectivity index (χ0v) is 33.0. The van der Waals surface area contributed by atoms with E-state index >= 15 is 4.39 Å². The first-order valence-electron chi connectivity index (χ1n) is 20.3. The fourth-order valence-corrected chi connectivity index (χ4v) is 9.90. The van der Waals surface area contributed by atoms with Crippen molar-refractivity contribution in [3.05, 3.63) is 75.7 Å². The number of rotatable bonds is 9. The van der Waals surface area contributed by atoms with Gasteiger partial charge in [-0.1, -0.05) is 11.6 Å². The van der Waals surface area contributed by atoms with Gasteiger partial charge in [0.25, 0.3) is 17.7 Å². The summed E-state index contributed by atoms with van der Waals surface area (Å²) in [6.07, 6.45) is 5.92. The number of hydrogen-bond acceptors (Lipinski definition) is 12. The van der Waals surface area contributed by atoms with Crippen molar-refractivity contribution in [1.82, 2.24) is 30.6 Å². The third-order valence-electron chi connectivity index (χ3n) is 12.8. The Morgan fingerprint density at radius 1 is 0.932 bits per heavy atom. The summed E-state index contributed by atoms with van der Waals surface area (Å²) in [5.41, 5.74) is 0.976. The summed E-state index contributed by atoms with van der Waals surface area (Å²) in [4.78, 5) is 71.1. The van der Waals surface area contributed by atoms with Gasteiger partial charge in [-0.3, -0.25) is 39.1 Å². The molecule has 5 saturated heterocycles. The van der Waals surface area contributed by atoms with Crippen LogP contribution in [0, 0.1) is 23.1 Å². The van der Waals surface area contributed by atoms with E-state index in [2.05, 4.69) is 30.6 Å². The maximum Gasteiger partial charge on any atom is 0.272 e. The largest absolute Gasteiger partial charge is 0.490 e. The normalized spacial score (nSPS) is 25.9. The molecule has 2 N–H and O–H groups in total. The second kappa shape index (κ2) is 15.8. The second-order valence-electron chi connectivity index (χ2n) is 16.5. The molecule has 2 aromatic carbocycles. The Labute approximate surface area is 344 Å². The van der Waals surface area contributed by atoms with Crippen molar-refractivity contribution < 1.29 is 33.1 Å². The van der Waals surface area contributed by atoms with Crippen LogP contribution >= 0.6 is 11.6 Å². The minimum atomic E-state index is -1.10. The Hall–Kier alpha value is -5.66. The number of anilines is 2. The highest BCUT2D eigenvalue weighted by molar-refractivity contribution is 6.31. The average Bonchev–Trinajstić information content (AvgIpc) is 3.46. The number of piperazine rings is 1. The number of piperidine rings is 3. The highest BCUT2D eigenvalue weighted by atomic mass is 35.5. The number of hydrogen-bond donors (Lipinski definition) is 2. The Morgan fingerprint density at radius 2 is 1.66 bits per heavy atom. The third kappa shape index (κ3) is 7.57. The number of halogens is 2. The van der Waals surface area contributed by atoms with Crippen LogP contribution in [0.15, 0.2) is 42.5 Å². The van der Waals surface area contributed by atoms with E-state index in [1.165, 1.54) is 6.07 Å². The number of aromatic nitrogens is 2. The number of amides is 5. The highest BCUT2D eigenvalue weighted by Crippen LogP contribution is 2.38. The molecule has 17 heteroatoms. The summed E-state index contributed by atoms with van der Waals surface area (Å²) in [7, 11) is 0. The molecule has 0 radical (unpaired) electrons. The Bertz CT molecular complexity index is 2240. The van der Waals surface area contributed by atoms with Crippen LogP contribution in [0.4, 0.5) is 15.9 Å². The number of carbonyl (C=O) groups excluding carboxylic acids is 5. The van der Waals surface area contributed by atoms with Crippen molar-refractivity contribution in [2.24, 2.45) is 5.92 Å². The predicted molar refractivity (Wildman–Crippen MR) is 211 cm³/mol. The Balaban J connectivity index is 0.725. The van der Waals surface area contributed by atoms with Gasteiger partial charge in [0, 0.05) is 63.3 Å². The van der Waals surface area contributed by atoms with Crippen LogP contribution in [-0.4, -0.2) is 113 Å². The molecule has 3 atom stereocenters. The highest BCUT2D eigenvalue weighted by Gasteiger charge is 2.47. The molecule has 10 rings (SSSR count). The van der Waals surface area contributed by atoms with Crippen LogP contribution in [0.2, 0.25) is 5.02 Å². The second-order valence-corrected chi connectivity index (χ2v) is 16.9. The lowest BCUT2D eigenvalue weighted by molar-refractivity contribution is -0.136. The van der Waals surface area contributed by atoms with Gasteiger partial charge in [0.2, 0.25) is 11.8 Å². The van der Waals surface area contributed by atoms with Gasteiger partial charge in [0.15, 0.2) is 11.5 Å². The molecule has 1 saturated carbocycles. The number of imide groups is 2. The fourth-order valence-electron chi connectivity index (χ4n) is 9.68. The molecule has 6 aliphatic heterocycles. The summed E-state index contributed by atoms with van der Waals surface area (Å²) in [5.74, 6) is -1.53. The Kier molecular flexibility index (Phi) is 10.4. The maximum absolute atomic E-state index is 15.5. The summed E-state index contributed by atoms with van der Waals surface area (Å²) < 4.78 is 21.5. The van der Waals surface area contributed by atoms with Gasteiger partial charge in [-0.25, -0.2) is 4.39 Å². The van der Waals surface area contributed by atoms with E-state index in [9.17, 15) is 24.0 Å². The number of nitrogens with zero attached hydrogens (tertiary/aromatic N) is 7. The molecule has 306 valence electrons. The number of ether oxygens (including phenoxy) is 1. The topological polar surface area (TPSA) is 181 Å². The molecular formula is C42H43ClFN9O6. The lowest BCUT2D eigenvalue weighted by Crippen LogP contribution is -2.69. The van der Waals surface area contributed by atoms with Crippen molar-refractivity contribution >= 4 is 52.6 Å². The van der Waals surface area contributed by atoms with Gasteiger partial charge in [0.1, 0.15) is 23.7 Å². The van der Waals surface area contributed by atoms with Crippen molar-refractivity contribution in [2.75, 3.05) is 42.5 Å². The summed E-state index contributed by atoms with van der Waals surface area (Å²) in [6, 6.07) is 12.8. The van der Waals surface area contributed by atoms with Gasteiger partial charge < -0.3 is 19.9 Å². The summed E-state index contributed by atoms with van der Waals surface area (Å²) in [5, 5.41) is 23.5. The first-order valence-corrected chi connectivity index (χ1v) is 20.7. The van der Waals surface area contributed by atoms with Crippen LogP contribution in [0.1, 0.15) is 94.6 Å². The number of fused-ring (bicyclic) bond motifs is 3. The molecule has 15 nitrogen and oxygen atoms in total. The van der Waals surface area contributed by atoms with Crippen molar-refractivity contribution in [1.29, 1.82) is 5.26 Å². The average molecular weight is 824 g/mol. The molecular weight excluding hydrogens is 781 g/mol. The molecule has 5 amide bonds. The molecule has 2 bridgehead atoms. The summed E-state index contributed by atoms with van der Waals surface area (Å²) in [6.45, 7) is 3.92. The maximum atomic E-state index is 15.5. The first-order chi connectivity index (χ1) is 28.5. The lowest BCUT2D eigenvalue weighted by Gasteiger charge is -2.57. The SMILES string of the molecule is N#Cc1ccc(OC2CCC(NC(=O)c3ccc(N4C5CC4CN(CC4CCN(c6cc7c(cc6F)C(=O)N(C6CCC(=O)NC6=O)C7=O)CC4)C5)nn3)CC2)cc1Cl. The van der Waals surface area contributed by atoms with E-state index in [1.807, 2.05) is 17.0 Å². The Morgan fingerprint density at radius 3 is 2.32 bits per heavy atom. The van der Waals surface area contributed by atoms with Crippen molar-refractivity contribution in [3.63, 3.8) is 0 Å². The van der Waals surface area contributed by atoms with Crippen LogP contribution in [-0.2, 0) is 9.59 Å². The standard InChI is InChI=1S/C42H43ClFN9O6/c43-32-16-29(4-1-24(32)19-45)59-28-5-2-25(3-6-28)46-39(55)34-7-9-37(49-48-34)52-26-15-27(52)22-50(21-26)20-23-11-13-51(14-12-23)36-18-31-30(17-33(36)44)41(57)53(42(31)58)35-8-10-38(54)47-40(35)56/h1,4,7,9,16-18,23,25-28,35H,2-3,5-6,8,10-15,20-22H2,(H,46,55)(H,47,54,56). The van der Waals surface area contributed by atoms with E-state index in [0.29, 0.717) is 47.4 Å². The van der Waals surface area contributed by atoms with Gasteiger partial charge >= 0.3 is 0 Å². The zero-order valence-electron chi connectivity index (χ0n) is 32.2. The van der Waals surface area contributed by atoms with Gasteiger partial charge in [-0.15, -0.1) is 10.2 Å². The molecule has 0 spiro atoms. The first kappa shape index (κ1) is 38.8.